The van der Waals surface area contributed by atoms with Gasteiger partial charge in [-0.2, -0.15) is 11.3 Å². The van der Waals surface area contributed by atoms with Gasteiger partial charge >= 0.3 is 0 Å². The quantitative estimate of drug-likeness (QED) is 0.460. The van der Waals surface area contributed by atoms with Gasteiger partial charge in [-0.15, -0.1) is 11.3 Å². The SMILES string of the molecule is C[C@@H]1CCc2c(sc3ncnc(SCC(=O)N(C)Cc4ccsc4)c23)C1. The van der Waals surface area contributed by atoms with E-state index in [1.54, 1.807) is 45.7 Å². The Kier molecular flexibility index (Phi) is 5.29. The van der Waals surface area contributed by atoms with Gasteiger partial charge in [-0.1, -0.05) is 18.7 Å². The molecule has 26 heavy (non-hydrogen) atoms. The van der Waals surface area contributed by atoms with Crippen molar-refractivity contribution in [2.75, 3.05) is 12.8 Å². The van der Waals surface area contributed by atoms with Crippen LogP contribution in [0.5, 0.6) is 0 Å². The molecule has 3 aromatic heterocycles. The number of carbonyl (C=O) groups is 1. The fourth-order valence-electron chi connectivity index (χ4n) is 3.34. The van der Waals surface area contributed by atoms with Crippen molar-refractivity contribution in [2.24, 2.45) is 5.92 Å². The first-order valence-corrected chi connectivity index (χ1v) is 11.5. The second-order valence-corrected chi connectivity index (χ2v) is 9.71. The van der Waals surface area contributed by atoms with Gasteiger partial charge in [0, 0.05) is 23.9 Å². The highest BCUT2D eigenvalue weighted by Gasteiger charge is 2.23. The predicted molar refractivity (Wildman–Crippen MR) is 110 cm³/mol. The molecule has 0 N–H and O–H groups in total. The molecule has 0 fully saturated rings. The van der Waals surface area contributed by atoms with Crippen LogP contribution in [0, 0.1) is 5.92 Å². The number of thiophene rings is 2. The van der Waals surface area contributed by atoms with E-state index < -0.39 is 0 Å². The molecule has 1 aliphatic rings. The van der Waals surface area contributed by atoms with Crippen molar-refractivity contribution in [2.45, 2.75) is 37.8 Å². The van der Waals surface area contributed by atoms with Gasteiger partial charge in [-0.05, 0) is 53.1 Å². The van der Waals surface area contributed by atoms with E-state index in [9.17, 15) is 4.79 Å². The molecule has 0 bridgehead atoms. The van der Waals surface area contributed by atoms with Crippen LogP contribution in [0.15, 0.2) is 28.2 Å². The summed E-state index contributed by atoms with van der Waals surface area (Å²) in [7, 11) is 1.87. The lowest BCUT2D eigenvalue weighted by molar-refractivity contribution is -0.127. The molecule has 0 radical (unpaired) electrons. The molecule has 0 aromatic carbocycles. The van der Waals surface area contributed by atoms with Gasteiger partial charge in [0.05, 0.1) is 5.75 Å². The van der Waals surface area contributed by atoms with E-state index in [1.165, 1.54) is 27.8 Å². The number of hydrogen-bond donors (Lipinski definition) is 0. The minimum Gasteiger partial charge on any atom is -0.341 e. The van der Waals surface area contributed by atoms with Gasteiger partial charge in [0.1, 0.15) is 16.2 Å². The number of carbonyl (C=O) groups excluding carboxylic acids is 1. The molecule has 0 aliphatic heterocycles. The van der Waals surface area contributed by atoms with Crippen LogP contribution in [-0.4, -0.2) is 33.6 Å². The molecule has 0 unspecified atom stereocenters. The molecule has 1 amide bonds. The minimum absolute atomic E-state index is 0.130. The summed E-state index contributed by atoms with van der Waals surface area (Å²) in [4.78, 5) is 25.8. The highest BCUT2D eigenvalue weighted by atomic mass is 32.2. The Morgan fingerprint density at radius 1 is 1.42 bits per heavy atom. The third kappa shape index (κ3) is 3.66. The molecule has 0 spiro atoms. The zero-order chi connectivity index (χ0) is 18.1. The molecule has 3 heterocycles. The van der Waals surface area contributed by atoms with Crippen LogP contribution in [0.4, 0.5) is 0 Å². The van der Waals surface area contributed by atoms with E-state index in [4.69, 9.17) is 0 Å². The zero-order valence-electron chi connectivity index (χ0n) is 14.9. The highest BCUT2D eigenvalue weighted by Crippen LogP contribution is 2.40. The third-order valence-electron chi connectivity index (χ3n) is 4.81. The summed E-state index contributed by atoms with van der Waals surface area (Å²) in [6, 6.07) is 2.06. The fourth-order valence-corrected chi connectivity index (χ4v) is 6.38. The van der Waals surface area contributed by atoms with Crippen LogP contribution in [0.1, 0.15) is 29.3 Å². The van der Waals surface area contributed by atoms with Gasteiger partial charge in [0.25, 0.3) is 0 Å². The number of nitrogens with zero attached hydrogens (tertiary/aromatic N) is 3. The van der Waals surface area contributed by atoms with Crippen molar-refractivity contribution in [3.8, 4) is 0 Å². The lowest BCUT2D eigenvalue weighted by Gasteiger charge is -2.18. The molecule has 0 saturated carbocycles. The van der Waals surface area contributed by atoms with Gasteiger partial charge in [0.2, 0.25) is 5.91 Å². The lowest BCUT2D eigenvalue weighted by Crippen LogP contribution is -2.27. The number of hydrogen-bond acceptors (Lipinski definition) is 6. The normalized spacial score (nSPS) is 16.6. The van der Waals surface area contributed by atoms with E-state index in [0.29, 0.717) is 12.3 Å². The Labute approximate surface area is 165 Å². The van der Waals surface area contributed by atoms with E-state index in [0.717, 1.165) is 28.6 Å². The summed E-state index contributed by atoms with van der Waals surface area (Å²) < 4.78 is 0. The monoisotopic (exact) mass is 403 g/mol. The Balaban J connectivity index is 1.49. The number of thioether (sulfide) groups is 1. The first-order chi connectivity index (χ1) is 12.6. The van der Waals surface area contributed by atoms with Crippen molar-refractivity contribution in [3.05, 3.63) is 39.2 Å². The average molecular weight is 404 g/mol. The number of fused-ring (bicyclic) bond motifs is 3. The molecule has 1 aliphatic carbocycles. The van der Waals surface area contributed by atoms with Crippen LogP contribution >= 0.6 is 34.4 Å². The van der Waals surface area contributed by atoms with Gasteiger partial charge in [-0.3, -0.25) is 4.79 Å². The van der Waals surface area contributed by atoms with Crippen molar-refractivity contribution >= 4 is 50.6 Å². The van der Waals surface area contributed by atoms with E-state index >= 15 is 0 Å². The topological polar surface area (TPSA) is 46.1 Å². The van der Waals surface area contributed by atoms with E-state index in [-0.39, 0.29) is 5.91 Å². The molecule has 1 atom stereocenters. The van der Waals surface area contributed by atoms with Crippen molar-refractivity contribution in [1.29, 1.82) is 0 Å². The summed E-state index contributed by atoms with van der Waals surface area (Å²) in [6.07, 6.45) is 5.10. The van der Waals surface area contributed by atoms with Crippen LogP contribution in [0.2, 0.25) is 0 Å². The van der Waals surface area contributed by atoms with Crippen LogP contribution in [0.25, 0.3) is 10.2 Å². The zero-order valence-corrected chi connectivity index (χ0v) is 17.3. The summed E-state index contributed by atoms with van der Waals surface area (Å²) in [5.74, 6) is 1.28. The molecular formula is C19H21N3OS3. The summed E-state index contributed by atoms with van der Waals surface area (Å²) >= 11 is 5.01. The summed E-state index contributed by atoms with van der Waals surface area (Å²) in [5, 5.41) is 6.28. The number of aryl methyl sites for hydroxylation is 1. The summed E-state index contributed by atoms with van der Waals surface area (Å²) in [5.41, 5.74) is 2.60. The largest absolute Gasteiger partial charge is 0.341 e. The van der Waals surface area contributed by atoms with Crippen molar-refractivity contribution in [1.82, 2.24) is 14.9 Å². The molecular weight excluding hydrogens is 382 g/mol. The molecule has 7 heteroatoms. The fraction of sp³-hybridized carbons (Fsp3) is 0.421. The van der Waals surface area contributed by atoms with E-state index in [2.05, 4.69) is 28.3 Å². The molecule has 0 saturated heterocycles. The Hall–Kier alpha value is -1.44. The second kappa shape index (κ2) is 7.66. The van der Waals surface area contributed by atoms with E-state index in [1.807, 2.05) is 12.4 Å². The molecule has 136 valence electrons. The van der Waals surface area contributed by atoms with Crippen LogP contribution in [0.3, 0.4) is 0 Å². The van der Waals surface area contributed by atoms with Crippen LogP contribution < -0.4 is 0 Å². The Morgan fingerprint density at radius 3 is 3.12 bits per heavy atom. The second-order valence-electron chi connectivity index (χ2n) is 6.88. The minimum atomic E-state index is 0.130. The maximum Gasteiger partial charge on any atom is 0.233 e. The maximum absolute atomic E-state index is 12.5. The Morgan fingerprint density at radius 2 is 2.31 bits per heavy atom. The first kappa shape index (κ1) is 17.9. The summed E-state index contributed by atoms with van der Waals surface area (Å²) in [6.45, 7) is 2.98. The van der Waals surface area contributed by atoms with Crippen molar-refractivity contribution in [3.63, 3.8) is 0 Å². The standard InChI is InChI=1S/C19H21N3OS3/c1-12-3-4-14-15(7-12)26-19-17(14)18(20-11-21-19)25-10-16(23)22(2)8-13-5-6-24-9-13/h5-6,9,11-12H,3-4,7-8,10H2,1-2H3/t12-/m1/s1. The first-order valence-electron chi connectivity index (χ1n) is 8.75. The van der Waals surface area contributed by atoms with Gasteiger partial charge < -0.3 is 4.90 Å². The lowest BCUT2D eigenvalue weighted by atomic mass is 9.89. The van der Waals surface area contributed by atoms with Crippen molar-refractivity contribution < 1.29 is 4.79 Å². The maximum atomic E-state index is 12.5. The third-order valence-corrected chi connectivity index (χ3v) is 7.68. The van der Waals surface area contributed by atoms with Gasteiger partial charge in [-0.25, -0.2) is 9.97 Å². The van der Waals surface area contributed by atoms with Crippen LogP contribution in [-0.2, 0) is 24.2 Å². The average Bonchev–Trinajstić information content (AvgIpc) is 3.26. The number of amides is 1. The Bertz CT molecular complexity index is 920. The van der Waals surface area contributed by atoms with Gasteiger partial charge in [0.15, 0.2) is 0 Å². The predicted octanol–water partition coefficient (Wildman–Crippen LogP) is 4.63. The molecule has 3 aromatic rings. The number of rotatable bonds is 5. The highest BCUT2D eigenvalue weighted by molar-refractivity contribution is 8.00. The number of aromatic nitrogens is 2. The molecule has 4 nitrogen and oxygen atoms in total. The smallest absolute Gasteiger partial charge is 0.233 e. The molecule has 4 rings (SSSR count).